The molecule has 0 aliphatic rings. The average Bonchev–Trinajstić information content (AvgIpc) is 2.69. The maximum Gasteiger partial charge on any atom is 0.425 e. The van der Waals surface area contributed by atoms with Crippen LogP contribution in [0.5, 0.6) is 0 Å². The number of hydrogen-bond donors (Lipinski definition) is 2. The number of aromatic nitrogens is 1. The van der Waals surface area contributed by atoms with Gasteiger partial charge in [-0.15, -0.1) is 5.10 Å². The quantitative estimate of drug-likeness (QED) is 0.189. The van der Waals surface area contributed by atoms with E-state index in [1.165, 1.54) is 24.4 Å². The number of anilines is 2. The van der Waals surface area contributed by atoms with Gasteiger partial charge in [0.15, 0.2) is 23.3 Å². The summed E-state index contributed by atoms with van der Waals surface area (Å²) in [5.41, 5.74) is 4.81. The molecule has 0 fully saturated rings. The number of amidine groups is 1. The van der Waals surface area contributed by atoms with Crippen molar-refractivity contribution in [3.63, 3.8) is 0 Å². The summed E-state index contributed by atoms with van der Waals surface area (Å²) in [6, 6.07) is 4.79. The SMILES string of the molecule is CC(C)(C)OC(=O)N(C(=O)OC(C)(C)C)c1ncc(Br)cc1/C(=N/N=N)Nc1cccc(F)c1F. The van der Waals surface area contributed by atoms with Crippen LogP contribution in [0.2, 0.25) is 0 Å². The molecule has 1 heterocycles. The van der Waals surface area contributed by atoms with Crippen molar-refractivity contribution >= 4 is 45.5 Å². The number of imide groups is 1. The minimum Gasteiger partial charge on any atom is -0.443 e. The van der Waals surface area contributed by atoms with E-state index in [9.17, 15) is 18.4 Å². The lowest BCUT2D eigenvalue weighted by molar-refractivity contribution is 0.0429. The van der Waals surface area contributed by atoms with Gasteiger partial charge in [-0.2, -0.15) is 10.4 Å². The van der Waals surface area contributed by atoms with Gasteiger partial charge < -0.3 is 14.8 Å². The fourth-order valence-corrected chi connectivity index (χ4v) is 2.90. The van der Waals surface area contributed by atoms with Crippen molar-refractivity contribution in [1.29, 1.82) is 5.53 Å². The molecule has 0 unspecified atom stereocenters. The van der Waals surface area contributed by atoms with Gasteiger partial charge in [0.1, 0.15) is 11.2 Å². The molecule has 0 saturated heterocycles. The third-order valence-electron chi connectivity index (χ3n) is 3.81. The number of pyridine rings is 1. The fourth-order valence-electron chi connectivity index (χ4n) is 2.57. The number of halogens is 3. The molecular weight excluding hydrogens is 530 g/mol. The van der Waals surface area contributed by atoms with E-state index in [4.69, 9.17) is 15.0 Å². The number of rotatable bonds is 4. The zero-order valence-corrected chi connectivity index (χ0v) is 21.5. The van der Waals surface area contributed by atoms with Crippen molar-refractivity contribution in [2.24, 2.45) is 10.3 Å². The summed E-state index contributed by atoms with van der Waals surface area (Å²) in [5.74, 6) is -2.98. The molecule has 0 saturated carbocycles. The highest BCUT2D eigenvalue weighted by Crippen LogP contribution is 2.28. The van der Waals surface area contributed by atoms with Gasteiger partial charge in [0.2, 0.25) is 0 Å². The minimum atomic E-state index is -1.22. The van der Waals surface area contributed by atoms with E-state index in [0.29, 0.717) is 9.37 Å². The molecule has 2 aromatic rings. The molecule has 188 valence electrons. The summed E-state index contributed by atoms with van der Waals surface area (Å²) in [4.78, 5) is 30.9. The lowest BCUT2D eigenvalue weighted by Gasteiger charge is -2.29. The molecule has 0 atom stereocenters. The maximum atomic E-state index is 14.3. The third-order valence-corrected chi connectivity index (χ3v) is 4.24. The summed E-state index contributed by atoms with van der Waals surface area (Å²) in [6.45, 7) is 9.63. The fraction of sp³-hybridized carbons (Fsp3) is 0.364. The van der Waals surface area contributed by atoms with Gasteiger partial charge >= 0.3 is 12.2 Å². The van der Waals surface area contributed by atoms with Crippen LogP contribution in [0.3, 0.4) is 0 Å². The van der Waals surface area contributed by atoms with Crippen LogP contribution in [-0.4, -0.2) is 34.2 Å². The van der Waals surface area contributed by atoms with E-state index in [1.54, 1.807) is 41.5 Å². The molecule has 0 aliphatic carbocycles. The van der Waals surface area contributed by atoms with Crippen LogP contribution in [-0.2, 0) is 9.47 Å². The molecule has 0 bridgehead atoms. The summed E-state index contributed by atoms with van der Waals surface area (Å²) >= 11 is 3.24. The molecule has 2 amide bonds. The van der Waals surface area contributed by atoms with E-state index in [1.807, 2.05) is 0 Å². The first-order valence-electron chi connectivity index (χ1n) is 10.2. The van der Waals surface area contributed by atoms with E-state index in [0.717, 1.165) is 6.07 Å². The lowest BCUT2D eigenvalue weighted by atomic mass is 10.2. The average molecular weight is 555 g/mol. The molecule has 1 aromatic heterocycles. The van der Waals surface area contributed by atoms with Crippen LogP contribution in [0.25, 0.3) is 0 Å². The second-order valence-electron chi connectivity index (χ2n) is 9.10. The van der Waals surface area contributed by atoms with Crippen LogP contribution < -0.4 is 10.2 Å². The predicted molar refractivity (Wildman–Crippen MR) is 129 cm³/mol. The van der Waals surface area contributed by atoms with Crippen molar-refractivity contribution in [3.05, 3.63) is 52.1 Å². The number of hydrogen-bond acceptors (Lipinski definition) is 7. The van der Waals surface area contributed by atoms with Gasteiger partial charge in [0.25, 0.3) is 0 Å². The Morgan fingerprint density at radius 3 is 2.17 bits per heavy atom. The van der Waals surface area contributed by atoms with Gasteiger partial charge in [-0.1, -0.05) is 11.3 Å². The van der Waals surface area contributed by atoms with Gasteiger partial charge in [-0.25, -0.2) is 23.4 Å². The molecule has 35 heavy (non-hydrogen) atoms. The van der Waals surface area contributed by atoms with E-state index in [2.05, 4.69) is 36.6 Å². The topological polar surface area (TPSA) is 129 Å². The third kappa shape index (κ3) is 7.77. The van der Waals surface area contributed by atoms with E-state index < -0.39 is 35.0 Å². The molecule has 0 radical (unpaired) electrons. The monoisotopic (exact) mass is 554 g/mol. The highest BCUT2D eigenvalue weighted by atomic mass is 79.9. The predicted octanol–water partition coefficient (Wildman–Crippen LogP) is 6.60. The van der Waals surface area contributed by atoms with Crippen LogP contribution in [0.15, 0.2) is 45.3 Å². The molecule has 0 aliphatic heterocycles. The number of carbonyl (C=O) groups excluding carboxylic acids is 2. The Morgan fingerprint density at radius 2 is 1.66 bits per heavy atom. The molecule has 10 nitrogen and oxygen atoms in total. The second-order valence-corrected chi connectivity index (χ2v) is 10.0. The highest BCUT2D eigenvalue weighted by molar-refractivity contribution is 9.10. The van der Waals surface area contributed by atoms with Crippen molar-refractivity contribution < 1.29 is 27.8 Å². The number of nitrogens with zero attached hydrogens (tertiary/aromatic N) is 4. The molecule has 13 heteroatoms. The normalized spacial score (nSPS) is 12.1. The Bertz CT molecular complexity index is 1130. The van der Waals surface area contributed by atoms with E-state index in [-0.39, 0.29) is 22.9 Å². The minimum absolute atomic E-state index is 0.0734. The summed E-state index contributed by atoms with van der Waals surface area (Å²) in [5, 5.41) is 9.13. The first-order chi connectivity index (χ1) is 16.1. The summed E-state index contributed by atoms with van der Waals surface area (Å²) in [7, 11) is 0. The molecule has 0 spiro atoms. The Hall–Kier alpha value is -3.48. The van der Waals surface area contributed by atoms with Crippen molar-refractivity contribution in [2.45, 2.75) is 52.7 Å². The van der Waals surface area contributed by atoms with Crippen LogP contribution in [0.4, 0.5) is 29.9 Å². The van der Waals surface area contributed by atoms with Crippen molar-refractivity contribution in [1.82, 2.24) is 4.98 Å². The van der Waals surface area contributed by atoms with Crippen LogP contribution >= 0.6 is 15.9 Å². The number of amides is 2. The Labute approximate surface area is 209 Å². The number of benzene rings is 1. The molecular formula is C22H25BrF2N6O4. The Morgan fingerprint density at radius 1 is 1.09 bits per heavy atom. The van der Waals surface area contributed by atoms with Crippen LogP contribution in [0, 0.1) is 17.2 Å². The first kappa shape index (κ1) is 27.8. The van der Waals surface area contributed by atoms with Crippen molar-refractivity contribution in [3.8, 4) is 0 Å². The second kappa shape index (κ2) is 10.8. The van der Waals surface area contributed by atoms with Crippen LogP contribution in [0.1, 0.15) is 47.1 Å². The summed E-state index contributed by atoms with van der Waals surface area (Å²) in [6.07, 6.45) is -0.928. The largest absolute Gasteiger partial charge is 0.443 e. The number of ether oxygens (including phenoxy) is 2. The van der Waals surface area contributed by atoms with Crippen molar-refractivity contribution in [2.75, 3.05) is 10.2 Å². The standard InChI is InChI=1S/C22H25BrF2N6O4/c1-21(2,3)34-19(32)31(20(33)35-22(4,5)6)18-13(10-12(23)11-27-18)17(29-30-26)28-15-9-7-8-14(24)16(15)25/h7-11H,1-6H3,(H2,26,28,29). The first-order valence-corrected chi connectivity index (χ1v) is 11.0. The van der Waals surface area contributed by atoms with Gasteiger partial charge in [0, 0.05) is 10.7 Å². The van der Waals surface area contributed by atoms with Gasteiger partial charge in [0.05, 0.1) is 11.3 Å². The van der Waals surface area contributed by atoms with Gasteiger partial charge in [-0.05, 0) is 75.7 Å². The number of carbonyl (C=O) groups is 2. The smallest absolute Gasteiger partial charge is 0.425 e. The summed E-state index contributed by atoms with van der Waals surface area (Å²) < 4.78 is 39.2. The van der Waals surface area contributed by atoms with E-state index >= 15 is 0 Å². The maximum absolute atomic E-state index is 14.3. The zero-order valence-electron chi connectivity index (χ0n) is 19.9. The number of nitrogens with one attached hydrogen (secondary N) is 2. The molecule has 2 rings (SSSR count). The van der Waals surface area contributed by atoms with Gasteiger partial charge in [-0.3, -0.25) is 0 Å². The lowest BCUT2D eigenvalue weighted by Crippen LogP contribution is -2.45. The Kier molecular flexibility index (Phi) is 8.60. The molecule has 2 N–H and O–H groups in total. The Balaban J connectivity index is 2.70. The highest BCUT2D eigenvalue weighted by Gasteiger charge is 2.36. The zero-order chi connectivity index (χ0) is 26.6. The molecule has 1 aromatic carbocycles.